The highest BCUT2D eigenvalue weighted by Gasteiger charge is 2.19. The van der Waals surface area contributed by atoms with Crippen LogP contribution in [0.2, 0.25) is 0 Å². The zero-order valence-corrected chi connectivity index (χ0v) is 18.4. The molecule has 0 atom stereocenters. The van der Waals surface area contributed by atoms with E-state index >= 15 is 0 Å². The Morgan fingerprint density at radius 3 is 2.73 bits per heavy atom. The molecule has 5 rings (SSSR count). The number of nitrogens with one attached hydrogen (secondary N) is 2. The third-order valence-electron chi connectivity index (χ3n) is 4.95. The minimum atomic E-state index is -0.247. The van der Waals surface area contributed by atoms with Crippen LogP contribution in [0.4, 0.5) is 11.4 Å². The molecule has 0 radical (unpaired) electrons. The fourth-order valence-corrected chi connectivity index (χ4v) is 4.00. The molecule has 0 aliphatic carbocycles. The molecule has 10 heteroatoms. The molecule has 1 aliphatic rings. The summed E-state index contributed by atoms with van der Waals surface area (Å²) in [7, 11) is 0. The van der Waals surface area contributed by atoms with Crippen molar-refractivity contribution in [3.63, 3.8) is 0 Å². The Bertz CT molecular complexity index is 1350. The van der Waals surface area contributed by atoms with Crippen LogP contribution >= 0.6 is 11.8 Å². The van der Waals surface area contributed by atoms with Gasteiger partial charge in [-0.3, -0.25) is 14.0 Å². The Hall–Kier alpha value is -4.05. The van der Waals surface area contributed by atoms with Crippen LogP contribution < -0.4 is 20.1 Å². The molecule has 9 nitrogen and oxygen atoms in total. The summed E-state index contributed by atoms with van der Waals surface area (Å²) in [5.41, 5.74) is 3.41. The van der Waals surface area contributed by atoms with E-state index < -0.39 is 0 Å². The first-order valence-electron chi connectivity index (χ1n) is 10.1. The number of benzene rings is 2. The Balaban J connectivity index is 1.27. The van der Waals surface area contributed by atoms with E-state index in [1.807, 2.05) is 31.2 Å². The van der Waals surface area contributed by atoms with Crippen LogP contribution in [-0.4, -0.2) is 39.0 Å². The van der Waals surface area contributed by atoms with Gasteiger partial charge in [-0.2, -0.15) is 0 Å². The molecule has 1 aliphatic heterocycles. The number of para-hydroxylation sites is 1. The van der Waals surface area contributed by atoms with Gasteiger partial charge >= 0.3 is 0 Å². The van der Waals surface area contributed by atoms with Crippen molar-refractivity contribution in [1.29, 1.82) is 0 Å². The summed E-state index contributed by atoms with van der Waals surface area (Å²) in [6, 6.07) is 16.3. The number of nitrogens with zero attached hydrogens (tertiary/aromatic N) is 3. The van der Waals surface area contributed by atoms with Gasteiger partial charge in [0, 0.05) is 11.9 Å². The maximum absolute atomic E-state index is 12.7. The lowest BCUT2D eigenvalue weighted by Gasteiger charge is -2.08. The zero-order chi connectivity index (χ0) is 22.8. The molecule has 33 heavy (non-hydrogen) atoms. The van der Waals surface area contributed by atoms with Crippen molar-refractivity contribution < 1.29 is 19.1 Å². The Kier molecular flexibility index (Phi) is 5.57. The highest BCUT2D eigenvalue weighted by Crippen LogP contribution is 2.38. The van der Waals surface area contributed by atoms with E-state index in [2.05, 4.69) is 20.8 Å². The molecule has 2 amide bonds. The number of aromatic nitrogens is 3. The van der Waals surface area contributed by atoms with Crippen molar-refractivity contribution in [1.82, 2.24) is 14.6 Å². The molecule has 0 fully saturated rings. The van der Waals surface area contributed by atoms with Crippen molar-refractivity contribution in [2.75, 3.05) is 23.2 Å². The van der Waals surface area contributed by atoms with Gasteiger partial charge in [0.05, 0.1) is 17.0 Å². The largest absolute Gasteiger partial charge is 0.454 e. The number of rotatable bonds is 6. The normalized spacial score (nSPS) is 12.0. The first-order valence-corrected chi connectivity index (χ1v) is 11.1. The Morgan fingerprint density at radius 2 is 1.88 bits per heavy atom. The highest BCUT2D eigenvalue weighted by atomic mass is 32.2. The van der Waals surface area contributed by atoms with Gasteiger partial charge in [-0.05, 0) is 43.3 Å². The van der Waals surface area contributed by atoms with E-state index in [-0.39, 0.29) is 24.4 Å². The lowest BCUT2D eigenvalue weighted by molar-refractivity contribution is -0.113. The summed E-state index contributed by atoms with van der Waals surface area (Å²) in [6.45, 7) is 2.11. The second-order valence-corrected chi connectivity index (χ2v) is 8.27. The standard InChI is InChI=1S/C23H19N5O4S/c1-14-5-8-16(9-6-14)24-22(30)15-7-10-19-26-27-23(28(19)11-15)33-12-20(29)25-17-3-2-4-18-21(17)32-13-31-18/h2-11H,12-13H2,1H3,(H,24,30)(H,25,29). The van der Waals surface area contributed by atoms with Gasteiger partial charge in [0.25, 0.3) is 5.91 Å². The molecule has 2 aromatic carbocycles. The highest BCUT2D eigenvalue weighted by molar-refractivity contribution is 7.99. The lowest BCUT2D eigenvalue weighted by atomic mass is 10.2. The van der Waals surface area contributed by atoms with Crippen molar-refractivity contribution >= 4 is 40.6 Å². The van der Waals surface area contributed by atoms with Gasteiger partial charge in [-0.15, -0.1) is 10.2 Å². The zero-order valence-electron chi connectivity index (χ0n) is 17.6. The number of carbonyl (C=O) groups is 2. The fourth-order valence-electron chi connectivity index (χ4n) is 3.29. The van der Waals surface area contributed by atoms with Gasteiger partial charge in [0.15, 0.2) is 22.3 Å². The molecular weight excluding hydrogens is 442 g/mol. The summed E-state index contributed by atoms with van der Waals surface area (Å²) < 4.78 is 12.4. The predicted octanol–water partition coefficient (Wildman–Crippen LogP) is 3.75. The second kappa shape index (κ2) is 8.83. The Labute approximate surface area is 193 Å². The van der Waals surface area contributed by atoms with E-state index in [4.69, 9.17) is 9.47 Å². The fraction of sp³-hybridized carbons (Fsp3) is 0.130. The monoisotopic (exact) mass is 461 g/mol. The average Bonchev–Trinajstić information content (AvgIpc) is 3.46. The minimum Gasteiger partial charge on any atom is -0.454 e. The van der Waals surface area contributed by atoms with Gasteiger partial charge in [0.1, 0.15) is 0 Å². The van der Waals surface area contributed by atoms with Gasteiger partial charge in [-0.25, -0.2) is 0 Å². The first-order chi connectivity index (χ1) is 16.1. The molecule has 166 valence electrons. The third-order valence-corrected chi connectivity index (χ3v) is 5.89. The molecule has 0 saturated carbocycles. The van der Waals surface area contributed by atoms with Gasteiger partial charge in [-0.1, -0.05) is 35.5 Å². The van der Waals surface area contributed by atoms with Crippen LogP contribution in [0.5, 0.6) is 11.5 Å². The molecule has 3 heterocycles. The molecule has 2 aromatic heterocycles. The molecule has 0 unspecified atom stereocenters. The van der Waals surface area contributed by atoms with Crippen molar-refractivity contribution in [3.8, 4) is 11.5 Å². The van der Waals surface area contributed by atoms with Crippen LogP contribution in [0.1, 0.15) is 15.9 Å². The Morgan fingerprint density at radius 1 is 1.03 bits per heavy atom. The van der Waals surface area contributed by atoms with E-state index in [9.17, 15) is 9.59 Å². The van der Waals surface area contributed by atoms with Crippen LogP contribution in [-0.2, 0) is 4.79 Å². The number of pyridine rings is 1. The summed E-state index contributed by atoms with van der Waals surface area (Å²) in [4.78, 5) is 25.2. The molecule has 4 aromatic rings. The van der Waals surface area contributed by atoms with E-state index in [0.717, 1.165) is 5.56 Å². The summed E-state index contributed by atoms with van der Waals surface area (Å²) >= 11 is 1.22. The average molecular weight is 462 g/mol. The third kappa shape index (κ3) is 4.46. The topological polar surface area (TPSA) is 107 Å². The number of fused-ring (bicyclic) bond motifs is 2. The van der Waals surface area contributed by atoms with E-state index in [1.54, 1.807) is 40.9 Å². The maximum Gasteiger partial charge on any atom is 0.257 e. The summed E-state index contributed by atoms with van der Waals surface area (Å²) in [6.07, 6.45) is 1.66. The van der Waals surface area contributed by atoms with Crippen molar-refractivity contribution in [3.05, 3.63) is 71.9 Å². The number of ether oxygens (including phenoxy) is 2. The summed E-state index contributed by atoms with van der Waals surface area (Å²) in [5, 5.41) is 14.5. The van der Waals surface area contributed by atoms with Crippen LogP contribution in [0, 0.1) is 6.92 Å². The van der Waals surface area contributed by atoms with Crippen LogP contribution in [0.15, 0.2) is 66.0 Å². The number of amides is 2. The maximum atomic E-state index is 12.7. The number of hydrogen-bond donors (Lipinski definition) is 2. The number of aryl methyl sites for hydroxylation is 1. The SMILES string of the molecule is Cc1ccc(NC(=O)c2ccc3nnc(SCC(=O)Nc4cccc5c4OCO5)n3c2)cc1. The van der Waals surface area contributed by atoms with E-state index in [0.29, 0.717) is 39.2 Å². The van der Waals surface area contributed by atoms with Gasteiger partial charge < -0.3 is 20.1 Å². The van der Waals surface area contributed by atoms with Crippen molar-refractivity contribution in [2.24, 2.45) is 0 Å². The van der Waals surface area contributed by atoms with Gasteiger partial charge in [0.2, 0.25) is 12.7 Å². The van der Waals surface area contributed by atoms with Crippen LogP contribution in [0.3, 0.4) is 0 Å². The quantitative estimate of drug-likeness (QED) is 0.421. The summed E-state index contributed by atoms with van der Waals surface area (Å²) in [5.74, 6) is 0.746. The number of thioether (sulfide) groups is 1. The predicted molar refractivity (Wildman–Crippen MR) is 124 cm³/mol. The second-order valence-electron chi connectivity index (χ2n) is 7.32. The molecule has 2 N–H and O–H groups in total. The van der Waals surface area contributed by atoms with Crippen LogP contribution in [0.25, 0.3) is 5.65 Å². The van der Waals surface area contributed by atoms with Crippen molar-refractivity contribution in [2.45, 2.75) is 12.1 Å². The molecular formula is C23H19N5O4S. The number of anilines is 2. The molecule has 0 bridgehead atoms. The lowest BCUT2D eigenvalue weighted by Crippen LogP contribution is -2.15. The molecule has 0 saturated heterocycles. The number of carbonyl (C=O) groups excluding carboxylic acids is 2. The van der Waals surface area contributed by atoms with E-state index in [1.165, 1.54) is 11.8 Å². The molecule has 0 spiro atoms. The smallest absolute Gasteiger partial charge is 0.257 e. The first kappa shape index (κ1) is 20.8. The number of hydrogen-bond acceptors (Lipinski definition) is 7. The minimum absolute atomic E-state index is 0.102.